The van der Waals surface area contributed by atoms with E-state index in [2.05, 4.69) is 16.2 Å². The SMILES string of the molecule is Cc1ccc(C)c(NC(=S)NNC(=O)c2ccccc2O)c1. The monoisotopic (exact) mass is 315 g/mol. The van der Waals surface area contributed by atoms with Crippen molar-refractivity contribution in [2.45, 2.75) is 13.8 Å². The van der Waals surface area contributed by atoms with Gasteiger partial charge in [0.25, 0.3) is 5.91 Å². The van der Waals surface area contributed by atoms with Crippen molar-refractivity contribution in [2.24, 2.45) is 0 Å². The van der Waals surface area contributed by atoms with Gasteiger partial charge in [-0.3, -0.25) is 15.6 Å². The first-order valence-electron chi connectivity index (χ1n) is 6.70. The van der Waals surface area contributed by atoms with Gasteiger partial charge in [-0.15, -0.1) is 0 Å². The number of para-hydroxylation sites is 1. The van der Waals surface area contributed by atoms with Crippen LogP contribution < -0.4 is 16.2 Å². The Balaban J connectivity index is 1.94. The zero-order valence-electron chi connectivity index (χ0n) is 12.3. The fourth-order valence-electron chi connectivity index (χ4n) is 1.87. The molecule has 0 spiro atoms. The van der Waals surface area contributed by atoms with Gasteiger partial charge in [-0.05, 0) is 55.4 Å². The number of aromatic hydroxyl groups is 1. The number of rotatable bonds is 2. The van der Waals surface area contributed by atoms with E-state index in [1.54, 1.807) is 12.1 Å². The van der Waals surface area contributed by atoms with Gasteiger partial charge in [0, 0.05) is 5.69 Å². The third-order valence-corrected chi connectivity index (χ3v) is 3.28. The highest BCUT2D eigenvalue weighted by Gasteiger charge is 2.10. The largest absolute Gasteiger partial charge is 0.507 e. The van der Waals surface area contributed by atoms with E-state index in [-0.39, 0.29) is 16.4 Å². The summed E-state index contributed by atoms with van der Waals surface area (Å²) in [5.41, 5.74) is 8.24. The van der Waals surface area contributed by atoms with Gasteiger partial charge in [-0.25, -0.2) is 0 Å². The summed E-state index contributed by atoms with van der Waals surface area (Å²) < 4.78 is 0. The second kappa shape index (κ2) is 6.91. The third kappa shape index (κ3) is 3.95. The molecule has 2 rings (SSSR count). The normalized spacial score (nSPS) is 9.91. The predicted molar refractivity (Wildman–Crippen MR) is 90.8 cm³/mol. The van der Waals surface area contributed by atoms with Gasteiger partial charge in [-0.2, -0.15) is 0 Å². The lowest BCUT2D eigenvalue weighted by Crippen LogP contribution is -2.43. The Morgan fingerprint density at radius 1 is 1.09 bits per heavy atom. The molecule has 22 heavy (non-hydrogen) atoms. The van der Waals surface area contributed by atoms with Gasteiger partial charge >= 0.3 is 0 Å². The molecule has 0 aliphatic rings. The van der Waals surface area contributed by atoms with Crippen LogP contribution in [-0.4, -0.2) is 16.1 Å². The van der Waals surface area contributed by atoms with E-state index in [1.165, 1.54) is 12.1 Å². The maximum atomic E-state index is 11.9. The number of benzene rings is 2. The van der Waals surface area contributed by atoms with Crippen LogP contribution in [0.15, 0.2) is 42.5 Å². The molecule has 0 atom stereocenters. The number of phenolic OH excluding ortho intramolecular Hbond substituents is 1. The molecule has 0 aliphatic heterocycles. The number of carbonyl (C=O) groups is 1. The fourth-order valence-corrected chi connectivity index (χ4v) is 2.03. The maximum Gasteiger partial charge on any atom is 0.273 e. The highest BCUT2D eigenvalue weighted by atomic mass is 32.1. The minimum Gasteiger partial charge on any atom is -0.507 e. The number of thiocarbonyl (C=S) groups is 1. The second-order valence-electron chi connectivity index (χ2n) is 4.87. The smallest absolute Gasteiger partial charge is 0.273 e. The molecule has 1 amide bonds. The summed E-state index contributed by atoms with van der Waals surface area (Å²) in [4.78, 5) is 11.9. The number of hydrogen-bond acceptors (Lipinski definition) is 3. The molecule has 0 radical (unpaired) electrons. The molecule has 0 bridgehead atoms. The lowest BCUT2D eigenvalue weighted by Gasteiger charge is -2.14. The van der Waals surface area contributed by atoms with E-state index in [0.717, 1.165) is 16.8 Å². The Hall–Kier alpha value is -2.60. The molecular weight excluding hydrogens is 298 g/mol. The van der Waals surface area contributed by atoms with Crippen molar-refractivity contribution >= 4 is 28.9 Å². The number of anilines is 1. The first-order valence-corrected chi connectivity index (χ1v) is 7.11. The quantitative estimate of drug-likeness (QED) is 0.506. The van der Waals surface area contributed by atoms with Crippen molar-refractivity contribution < 1.29 is 9.90 Å². The molecule has 2 aromatic rings. The summed E-state index contributed by atoms with van der Waals surface area (Å²) in [6, 6.07) is 12.2. The minimum atomic E-state index is -0.469. The minimum absolute atomic E-state index is 0.0878. The number of aryl methyl sites for hydroxylation is 2. The molecule has 114 valence electrons. The predicted octanol–water partition coefficient (Wildman–Crippen LogP) is 2.64. The van der Waals surface area contributed by atoms with Crippen molar-refractivity contribution in [3.8, 4) is 5.75 Å². The van der Waals surface area contributed by atoms with Crippen LogP contribution in [0.5, 0.6) is 5.75 Å². The van der Waals surface area contributed by atoms with Gasteiger partial charge in [-0.1, -0.05) is 24.3 Å². The number of hydrogen-bond donors (Lipinski definition) is 4. The van der Waals surface area contributed by atoms with Crippen LogP contribution in [0.4, 0.5) is 5.69 Å². The maximum absolute atomic E-state index is 11.9. The summed E-state index contributed by atoms with van der Waals surface area (Å²) in [6.07, 6.45) is 0. The van der Waals surface area contributed by atoms with Crippen LogP contribution in [0.1, 0.15) is 21.5 Å². The topological polar surface area (TPSA) is 73.4 Å². The number of hydrazine groups is 1. The van der Waals surface area contributed by atoms with E-state index in [0.29, 0.717) is 0 Å². The summed E-state index contributed by atoms with van der Waals surface area (Å²) >= 11 is 5.14. The summed E-state index contributed by atoms with van der Waals surface area (Å²) in [5, 5.41) is 12.9. The molecule has 4 N–H and O–H groups in total. The Morgan fingerprint density at radius 2 is 1.82 bits per heavy atom. The summed E-state index contributed by atoms with van der Waals surface area (Å²) in [5.74, 6) is -0.557. The van der Waals surface area contributed by atoms with Gasteiger partial charge < -0.3 is 10.4 Å². The van der Waals surface area contributed by atoms with Crippen molar-refractivity contribution in [3.05, 3.63) is 59.2 Å². The van der Waals surface area contributed by atoms with Crippen LogP contribution >= 0.6 is 12.2 Å². The standard InChI is InChI=1S/C16H17N3O2S/c1-10-7-8-11(2)13(9-10)17-16(22)19-18-15(21)12-5-3-4-6-14(12)20/h3-9,20H,1-2H3,(H,18,21)(H2,17,19,22). The summed E-state index contributed by atoms with van der Waals surface area (Å²) in [6.45, 7) is 3.95. The van der Waals surface area contributed by atoms with Crippen LogP contribution in [0.2, 0.25) is 0 Å². The highest BCUT2D eigenvalue weighted by molar-refractivity contribution is 7.80. The Morgan fingerprint density at radius 3 is 2.55 bits per heavy atom. The molecule has 0 aliphatic carbocycles. The zero-order chi connectivity index (χ0) is 16.1. The number of carbonyl (C=O) groups excluding carboxylic acids is 1. The van der Waals surface area contributed by atoms with Gasteiger partial charge in [0.05, 0.1) is 5.56 Å². The number of amides is 1. The molecule has 0 unspecified atom stereocenters. The van der Waals surface area contributed by atoms with Crippen molar-refractivity contribution in [1.29, 1.82) is 0 Å². The Bertz CT molecular complexity index is 716. The number of nitrogens with one attached hydrogen (secondary N) is 3. The summed E-state index contributed by atoms with van der Waals surface area (Å²) in [7, 11) is 0. The Labute approximate surface area is 134 Å². The molecule has 0 saturated carbocycles. The molecule has 0 heterocycles. The van der Waals surface area contributed by atoms with E-state index in [1.807, 2.05) is 32.0 Å². The molecule has 2 aromatic carbocycles. The van der Waals surface area contributed by atoms with E-state index in [4.69, 9.17) is 12.2 Å². The van der Waals surface area contributed by atoms with Crippen LogP contribution in [0.25, 0.3) is 0 Å². The molecule has 0 saturated heterocycles. The fraction of sp³-hybridized carbons (Fsp3) is 0.125. The first-order chi connectivity index (χ1) is 10.5. The van der Waals surface area contributed by atoms with Crippen molar-refractivity contribution in [1.82, 2.24) is 10.9 Å². The molecule has 5 nitrogen and oxygen atoms in total. The van der Waals surface area contributed by atoms with Crippen LogP contribution in [-0.2, 0) is 0 Å². The average molecular weight is 315 g/mol. The van der Waals surface area contributed by atoms with E-state index < -0.39 is 5.91 Å². The molecule has 0 fully saturated rings. The lowest BCUT2D eigenvalue weighted by molar-refractivity contribution is 0.0941. The number of phenols is 1. The molecule has 6 heteroatoms. The van der Waals surface area contributed by atoms with Crippen molar-refractivity contribution in [2.75, 3.05) is 5.32 Å². The third-order valence-electron chi connectivity index (χ3n) is 3.08. The molecule has 0 aromatic heterocycles. The van der Waals surface area contributed by atoms with Gasteiger partial charge in [0.1, 0.15) is 5.75 Å². The molecular formula is C16H17N3O2S. The van der Waals surface area contributed by atoms with Crippen molar-refractivity contribution in [3.63, 3.8) is 0 Å². The van der Waals surface area contributed by atoms with Crippen LogP contribution in [0, 0.1) is 13.8 Å². The van der Waals surface area contributed by atoms with E-state index >= 15 is 0 Å². The Kier molecular flexibility index (Phi) is 4.95. The van der Waals surface area contributed by atoms with Crippen LogP contribution in [0.3, 0.4) is 0 Å². The average Bonchev–Trinajstić information content (AvgIpc) is 2.49. The van der Waals surface area contributed by atoms with Gasteiger partial charge in [0.15, 0.2) is 5.11 Å². The second-order valence-corrected chi connectivity index (χ2v) is 5.28. The van der Waals surface area contributed by atoms with Gasteiger partial charge in [0.2, 0.25) is 0 Å². The highest BCUT2D eigenvalue weighted by Crippen LogP contribution is 2.16. The zero-order valence-corrected chi connectivity index (χ0v) is 13.1. The lowest BCUT2D eigenvalue weighted by atomic mass is 10.1. The van der Waals surface area contributed by atoms with E-state index in [9.17, 15) is 9.90 Å². The first kappa shape index (κ1) is 15.8.